The number of carboxylic acids is 1. The average molecular weight is 297 g/mol. The normalized spacial score (nSPS) is 10.5. The van der Waals surface area contributed by atoms with Gasteiger partial charge in [-0.3, -0.25) is 0 Å². The van der Waals surface area contributed by atoms with E-state index in [9.17, 15) is 9.90 Å². The van der Waals surface area contributed by atoms with Gasteiger partial charge in [0.15, 0.2) is 0 Å². The predicted molar refractivity (Wildman–Crippen MR) is 77.4 cm³/mol. The van der Waals surface area contributed by atoms with Gasteiger partial charge in [0.05, 0.1) is 28.0 Å². The number of rotatable bonds is 4. The SMILES string of the molecule is Cc1nc(CN(C)c2cccc(Cl)c2C(=O)O)cs1. The van der Waals surface area contributed by atoms with Gasteiger partial charge in [0, 0.05) is 12.4 Å². The number of anilines is 1. The summed E-state index contributed by atoms with van der Waals surface area (Å²) in [6.45, 7) is 2.49. The van der Waals surface area contributed by atoms with Crippen molar-refractivity contribution >= 4 is 34.6 Å². The Morgan fingerprint density at radius 3 is 2.84 bits per heavy atom. The number of hydrogen-bond donors (Lipinski definition) is 1. The first-order valence-electron chi connectivity index (χ1n) is 5.63. The van der Waals surface area contributed by atoms with E-state index in [2.05, 4.69) is 4.98 Å². The highest BCUT2D eigenvalue weighted by molar-refractivity contribution is 7.09. The predicted octanol–water partition coefficient (Wildman–Crippen LogP) is 3.44. The van der Waals surface area contributed by atoms with Crippen LogP contribution in [0, 0.1) is 6.92 Å². The van der Waals surface area contributed by atoms with Crippen LogP contribution in [0.2, 0.25) is 5.02 Å². The molecule has 0 aliphatic heterocycles. The van der Waals surface area contributed by atoms with Gasteiger partial charge in [0.2, 0.25) is 0 Å². The standard InChI is InChI=1S/C13H13ClN2O2S/c1-8-15-9(7-19-8)6-16(2)11-5-3-4-10(14)12(11)13(17)18/h3-5,7H,6H2,1-2H3,(H,17,18). The zero-order chi connectivity index (χ0) is 14.0. The first kappa shape index (κ1) is 13.8. The zero-order valence-corrected chi connectivity index (χ0v) is 12.1. The van der Waals surface area contributed by atoms with Gasteiger partial charge in [-0.1, -0.05) is 17.7 Å². The van der Waals surface area contributed by atoms with E-state index in [0.29, 0.717) is 12.2 Å². The Kier molecular flexibility index (Phi) is 4.07. The average Bonchev–Trinajstić information content (AvgIpc) is 2.73. The molecule has 1 N–H and O–H groups in total. The zero-order valence-electron chi connectivity index (χ0n) is 10.6. The molecule has 1 aromatic carbocycles. The van der Waals surface area contributed by atoms with E-state index < -0.39 is 5.97 Å². The minimum absolute atomic E-state index is 0.124. The molecule has 0 amide bonds. The Morgan fingerprint density at radius 2 is 2.26 bits per heavy atom. The summed E-state index contributed by atoms with van der Waals surface area (Å²) in [4.78, 5) is 17.5. The van der Waals surface area contributed by atoms with Crippen molar-refractivity contribution in [2.45, 2.75) is 13.5 Å². The number of benzene rings is 1. The fourth-order valence-electron chi connectivity index (χ4n) is 1.85. The number of aromatic carboxylic acids is 1. The lowest BCUT2D eigenvalue weighted by Crippen LogP contribution is -2.19. The summed E-state index contributed by atoms with van der Waals surface area (Å²) in [5.41, 5.74) is 1.63. The lowest BCUT2D eigenvalue weighted by atomic mass is 10.1. The highest BCUT2D eigenvalue weighted by Crippen LogP contribution is 2.28. The van der Waals surface area contributed by atoms with Crippen LogP contribution in [0.5, 0.6) is 0 Å². The van der Waals surface area contributed by atoms with Crippen molar-refractivity contribution in [3.63, 3.8) is 0 Å². The fourth-order valence-corrected chi connectivity index (χ4v) is 2.71. The van der Waals surface area contributed by atoms with E-state index in [4.69, 9.17) is 11.6 Å². The molecule has 0 unspecified atom stereocenters. The molecule has 100 valence electrons. The molecule has 2 rings (SSSR count). The first-order valence-corrected chi connectivity index (χ1v) is 6.88. The molecule has 0 bridgehead atoms. The fraction of sp³-hybridized carbons (Fsp3) is 0.231. The number of carbonyl (C=O) groups is 1. The molecule has 1 heterocycles. The summed E-state index contributed by atoms with van der Waals surface area (Å²) in [5, 5.41) is 12.4. The highest BCUT2D eigenvalue weighted by Gasteiger charge is 2.17. The van der Waals surface area contributed by atoms with Crippen LogP contribution in [-0.2, 0) is 6.54 Å². The molecule has 4 nitrogen and oxygen atoms in total. The quantitative estimate of drug-likeness (QED) is 0.939. The lowest BCUT2D eigenvalue weighted by Gasteiger charge is -2.20. The monoisotopic (exact) mass is 296 g/mol. The van der Waals surface area contributed by atoms with Gasteiger partial charge in [0.1, 0.15) is 5.56 Å². The number of hydrogen-bond acceptors (Lipinski definition) is 4. The number of halogens is 1. The molecule has 0 aliphatic carbocycles. The van der Waals surface area contributed by atoms with Crippen LogP contribution >= 0.6 is 22.9 Å². The minimum Gasteiger partial charge on any atom is -0.478 e. The van der Waals surface area contributed by atoms with Gasteiger partial charge in [-0.05, 0) is 19.1 Å². The molecule has 2 aromatic rings. The molecule has 1 aromatic heterocycles. The van der Waals surface area contributed by atoms with Crippen LogP contribution in [0.15, 0.2) is 23.6 Å². The van der Waals surface area contributed by atoms with Crippen molar-refractivity contribution < 1.29 is 9.90 Å². The molecule has 19 heavy (non-hydrogen) atoms. The van der Waals surface area contributed by atoms with Crippen molar-refractivity contribution in [3.05, 3.63) is 44.9 Å². The second-order valence-corrected chi connectivity index (χ2v) is 5.62. The van der Waals surface area contributed by atoms with Crippen molar-refractivity contribution in [1.29, 1.82) is 0 Å². The number of carboxylic acid groups (broad SMARTS) is 1. The summed E-state index contributed by atoms with van der Waals surface area (Å²) in [6, 6.07) is 5.07. The van der Waals surface area contributed by atoms with E-state index in [-0.39, 0.29) is 10.6 Å². The summed E-state index contributed by atoms with van der Waals surface area (Å²) < 4.78 is 0. The topological polar surface area (TPSA) is 53.4 Å². The number of thiazole rings is 1. The summed E-state index contributed by atoms with van der Waals surface area (Å²) >= 11 is 7.53. The molecule has 0 fully saturated rings. The Morgan fingerprint density at radius 1 is 1.53 bits per heavy atom. The Balaban J connectivity index is 2.31. The Labute approximate surface area is 120 Å². The maximum atomic E-state index is 11.3. The molecule has 0 saturated carbocycles. The smallest absolute Gasteiger partial charge is 0.339 e. The summed E-state index contributed by atoms with van der Waals surface area (Å²) in [5.74, 6) is -1.03. The molecular weight excluding hydrogens is 284 g/mol. The maximum absolute atomic E-state index is 11.3. The van der Waals surface area contributed by atoms with E-state index in [0.717, 1.165) is 10.7 Å². The van der Waals surface area contributed by atoms with E-state index in [1.165, 1.54) is 0 Å². The maximum Gasteiger partial charge on any atom is 0.339 e. The summed E-state index contributed by atoms with van der Waals surface area (Å²) in [7, 11) is 1.83. The van der Waals surface area contributed by atoms with E-state index in [1.807, 2.05) is 24.3 Å². The third-order valence-electron chi connectivity index (χ3n) is 2.68. The van der Waals surface area contributed by atoms with Gasteiger partial charge in [-0.15, -0.1) is 11.3 Å². The van der Waals surface area contributed by atoms with Crippen LogP contribution in [0.4, 0.5) is 5.69 Å². The molecule has 0 spiro atoms. The molecular formula is C13H13ClN2O2S. The molecule has 6 heteroatoms. The van der Waals surface area contributed by atoms with Gasteiger partial charge >= 0.3 is 5.97 Å². The van der Waals surface area contributed by atoms with Crippen molar-refractivity contribution in [2.24, 2.45) is 0 Å². The van der Waals surface area contributed by atoms with Gasteiger partial charge in [0.25, 0.3) is 0 Å². The second-order valence-electron chi connectivity index (χ2n) is 4.15. The van der Waals surface area contributed by atoms with Crippen LogP contribution in [0.25, 0.3) is 0 Å². The van der Waals surface area contributed by atoms with Crippen molar-refractivity contribution in [2.75, 3.05) is 11.9 Å². The van der Waals surface area contributed by atoms with Gasteiger partial charge in [-0.2, -0.15) is 0 Å². The Bertz CT molecular complexity index is 612. The third kappa shape index (κ3) is 3.05. The minimum atomic E-state index is -1.03. The number of aromatic nitrogens is 1. The van der Waals surface area contributed by atoms with E-state index >= 15 is 0 Å². The summed E-state index contributed by atoms with van der Waals surface area (Å²) in [6.07, 6.45) is 0. The Hall–Kier alpha value is -1.59. The molecule has 0 radical (unpaired) electrons. The second kappa shape index (κ2) is 5.59. The van der Waals surface area contributed by atoms with Crippen LogP contribution < -0.4 is 4.90 Å². The number of nitrogens with zero attached hydrogens (tertiary/aromatic N) is 2. The molecule has 0 aliphatic rings. The number of aryl methyl sites for hydroxylation is 1. The van der Waals surface area contributed by atoms with Crippen molar-refractivity contribution in [1.82, 2.24) is 4.98 Å². The molecule has 0 saturated heterocycles. The lowest BCUT2D eigenvalue weighted by molar-refractivity contribution is 0.0697. The van der Waals surface area contributed by atoms with Gasteiger partial charge in [-0.25, -0.2) is 9.78 Å². The van der Waals surface area contributed by atoms with Crippen LogP contribution in [0.3, 0.4) is 0 Å². The van der Waals surface area contributed by atoms with Gasteiger partial charge < -0.3 is 10.0 Å². The van der Waals surface area contributed by atoms with Crippen molar-refractivity contribution in [3.8, 4) is 0 Å². The first-order chi connectivity index (χ1) is 8.99. The third-order valence-corrected chi connectivity index (χ3v) is 3.82. The van der Waals surface area contributed by atoms with E-state index in [1.54, 1.807) is 29.5 Å². The highest BCUT2D eigenvalue weighted by atomic mass is 35.5. The molecule has 0 atom stereocenters. The largest absolute Gasteiger partial charge is 0.478 e. The van der Waals surface area contributed by atoms with Crippen LogP contribution in [-0.4, -0.2) is 23.1 Å². The van der Waals surface area contributed by atoms with Crippen LogP contribution in [0.1, 0.15) is 21.1 Å².